The summed E-state index contributed by atoms with van der Waals surface area (Å²) in [5, 5.41) is 14.7. The molecule has 0 bridgehead atoms. The van der Waals surface area contributed by atoms with E-state index in [1.54, 1.807) is 99.6 Å². The molecule has 45 heavy (non-hydrogen) atoms. The number of nitrogens with one attached hydrogen (secondary N) is 2. The molecule has 2 unspecified atom stereocenters. The first-order valence-corrected chi connectivity index (χ1v) is 15.6. The minimum atomic E-state index is -1.87. The van der Waals surface area contributed by atoms with Crippen LogP contribution in [-0.2, 0) is 34.7 Å². The molecule has 0 radical (unpaired) electrons. The van der Waals surface area contributed by atoms with E-state index < -0.39 is 81.0 Å². The van der Waals surface area contributed by atoms with Crippen LogP contribution in [0.1, 0.15) is 49.6 Å². The second-order valence-electron chi connectivity index (χ2n) is 11.5. The molecule has 3 aromatic rings. The number of β-lactam (4-membered cyclic amide) rings is 1. The number of hydrogen-bond acceptors (Lipinski definition) is 8. The number of aliphatic hydroxyl groups is 1. The maximum Gasteiger partial charge on any atom is 0.408 e. The van der Waals surface area contributed by atoms with Gasteiger partial charge in [-0.05, 0) is 37.5 Å². The van der Waals surface area contributed by atoms with Gasteiger partial charge in [0.15, 0.2) is 11.8 Å². The first-order valence-electron chi connectivity index (χ1n) is 14.2. The van der Waals surface area contributed by atoms with Crippen LogP contribution < -0.4 is 10.6 Å². The molecule has 11 nitrogen and oxygen atoms in total. The number of rotatable bonds is 8. The number of esters is 1. The summed E-state index contributed by atoms with van der Waals surface area (Å²) in [5.41, 5.74) is 0.488. The summed E-state index contributed by atoms with van der Waals surface area (Å²) in [4.78, 5) is 54.0. The van der Waals surface area contributed by atoms with Crippen molar-refractivity contribution in [3.63, 3.8) is 0 Å². The van der Waals surface area contributed by atoms with Crippen molar-refractivity contribution in [3.8, 4) is 0 Å². The third-order valence-corrected chi connectivity index (χ3v) is 8.66. The molecule has 4 atom stereocenters. The van der Waals surface area contributed by atoms with Gasteiger partial charge in [-0.1, -0.05) is 91.0 Å². The molecule has 0 aliphatic carbocycles. The zero-order chi connectivity index (χ0) is 32.3. The molecule has 2 heterocycles. The number of alkyl carbamates (subject to hydrolysis) is 1. The maximum absolute atomic E-state index is 13.6. The maximum atomic E-state index is 13.6. The van der Waals surface area contributed by atoms with Crippen molar-refractivity contribution in [1.29, 1.82) is 0 Å². The van der Waals surface area contributed by atoms with E-state index in [0.29, 0.717) is 16.7 Å². The zero-order valence-corrected chi connectivity index (χ0v) is 25.7. The van der Waals surface area contributed by atoms with Gasteiger partial charge in [0, 0.05) is 0 Å². The average molecular weight is 632 g/mol. The predicted molar refractivity (Wildman–Crippen MR) is 165 cm³/mol. The Balaban J connectivity index is 1.36. The average Bonchev–Trinajstić information content (AvgIpc) is 3.01. The van der Waals surface area contributed by atoms with Crippen molar-refractivity contribution in [2.24, 2.45) is 0 Å². The van der Waals surface area contributed by atoms with Crippen LogP contribution in [0.15, 0.2) is 102 Å². The van der Waals surface area contributed by atoms with Crippen LogP contribution in [0.25, 0.3) is 0 Å². The van der Waals surface area contributed by atoms with Gasteiger partial charge in [0.1, 0.15) is 28.8 Å². The van der Waals surface area contributed by atoms with Gasteiger partial charge in [-0.25, -0.2) is 9.59 Å². The van der Waals surface area contributed by atoms with Crippen LogP contribution in [0.2, 0.25) is 0 Å². The fourth-order valence-electron chi connectivity index (χ4n) is 5.10. The molecule has 1 saturated heterocycles. The molecular formula is C33H33N3O8S. The summed E-state index contributed by atoms with van der Waals surface area (Å²) in [5.74, 6) is -3.48. The lowest BCUT2D eigenvalue weighted by molar-refractivity contribution is -0.155. The van der Waals surface area contributed by atoms with Crippen molar-refractivity contribution in [1.82, 2.24) is 15.5 Å². The molecule has 3 N–H and O–H groups in total. The lowest BCUT2D eigenvalue weighted by atomic mass is 10.0. The fourth-order valence-corrected chi connectivity index (χ4v) is 6.61. The standard InChI is InChI=1S/C33H33N3O8S/c1-33(2,3)44-32(41)35-24(20-13-7-4-8-14-20)28(38)34-25-29(39)36-26(23(37)19-45(42)30(25)36)31(40)43-27(21-15-9-5-10-16-21)22-17-11-6-12-18-22/h4-18,24-25,27,30,37H,19H2,1-3H3,(H,34,38)(H,35,41)/t24?,25-,30+,45?/m1/s1. The van der Waals surface area contributed by atoms with Crippen LogP contribution in [0.4, 0.5) is 4.79 Å². The molecule has 3 aromatic carbocycles. The number of benzene rings is 3. The number of hydrogen-bond donors (Lipinski definition) is 3. The Morgan fingerprint density at radius 3 is 1.91 bits per heavy atom. The van der Waals surface area contributed by atoms with E-state index in [0.717, 1.165) is 4.90 Å². The molecule has 234 valence electrons. The van der Waals surface area contributed by atoms with E-state index in [-0.39, 0.29) is 0 Å². The minimum Gasteiger partial charge on any atom is -0.509 e. The SMILES string of the molecule is CC(C)(C)OC(=O)NC(C(=O)N[C@@H]1C(=O)N2C(C(=O)OC(c3ccccc3)c3ccccc3)=C(O)CS(=O)[C@@H]12)c1ccccc1. The highest BCUT2D eigenvalue weighted by atomic mass is 32.2. The Morgan fingerprint density at radius 1 is 0.889 bits per heavy atom. The third-order valence-electron chi connectivity index (χ3n) is 7.08. The highest BCUT2D eigenvalue weighted by Crippen LogP contribution is 2.36. The smallest absolute Gasteiger partial charge is 0.408 e. The number of fused-ring (bicyclic) bond motifs is 1. The largest absolute Gasteiger partial charge is 0.509 e. The van der Waals surface area contributed by atoms with Gasteiger partial charge in [-0.15, -0.1) is 0 Å². The van der Waals surface area contributed by atoms with E-state index in [2.05, 4.69) is 10.6 Å². The number of nitrogens with zero attached hydrogens (tertiary/aromatic N) is 1. The molecule has 2 aliphatic heterocycles. The highest BCUT2D eigenvalue weighted by Gasteiger charge is 2.58. The Hall–Kier alpha value is -4.97. The van der Waals surface area contributed by atoms with E-state index in [1.807, 2.05) is 12.1 Å². The van der Waals surface area contributed by atoms with Crippen LogP contribution in [-0.4, -0.2) is 60.9 Å². The lowest BCUT2D eigenvalue weighted by Gasteiger charge is -2.48. The Labute approximate surface area is 262 Å². The second-order valence-corrected chi connectivity index (χ2v) is 13.0. The van der Waals surface area contributed by atoms with E-state index in [4.69, 9.17) is 9.47 Å². The normalized spacial score (nSPS) is 20.0. The fraction of sp³-hybridized carbons (Fsp3) is 0.273. The van der Waals surface area contributed by atoms with Gasteiger partial charge < -0.3 is 25.2 Å². The number of aliphatic hydroxyl groups excluding tert-OH is 1. The molecule has 5 rings (SSSR count). The summed E-state index contributed by atoms with van der Waals surface area (Å²) in [6, 6.07) is 23.8. The monoisotopic (exact) mass is 631 g/mol. The van der Waals surface area contributed by atoms with Gasteiger partial charge in [0.25, 0.3) is 5.91 Å². The highest BCUT2D eigenvalue weighted by molar-refractivity contribution is 7.86. The van der Waals surface area contributed by atoms with Gasteiger partial charge >= 0.3 is 12.1 Å². The van der Waals surface area contributed by atoms with E-state index >= 15 is 0 Å². The van der Waals surface area contributed by atoms with Crippen LogP contribution in [0, 0.1) is 0 Å². The van der Waals surface area contributed by atoms with Gasteiger partial charge in [-0.3, -0.25) is 18.7 Å². The minimum absolute atomic E-state index is 0.420. The summed E-state index contributed by atoms with van der Waals surface area (Å²) in [6.45, 7) is 5.03. The van der Waals surface area contributed by atoms with Crippen LogP contribution >= 0.6 is 0 Å². The van der Waals surface area contributed by atoms with Gasteiger partial charge in [0.05, 0.1) is 16.6 Å². The number of ether oxygens (including phenoxy) is 2. The predicted octanol–water partition coefficient (Wildman–Crippen LogP) is 3.77. The molecule has 0 saturated carbocycles. The molecule has 0 aromatic heterocycles. The van der Waals surface area contributed by atoms with E-state index in [1.165, 1.54) is 0 Å². The number of carbonyl (C=O) groups is 4. The Morgan fingerprint density at radius 2 is 1.40 bits per heavy atom. The Kier molecular flexibility index (Phi) is 9.05. The van der Waals surface area contributed by atoms with Crippen molar-refractivity contribution in [3.05, 3.63) is 119 Å². The summed E-state index contributed by atoms with van der Waals surface area (Å²) in [6.07, 6.45) is -1.71. The zero-order valence-electron chi connectivity index (χ0n) is 24.8. The van der Waals surface area contributed by atoms with Crippen LogP contribution in [0.5, 0.6) is 0 Å². The Bertz CT molecular complexity index is 1600. The molecule has 2 aliphatic rings. The summed E-state index contributed by atoms with van der Waals surface area (Å²) in [7, 11) is -1.87. The molecular weight excluding hydrogens is 598 g/mol. The summed E-state index contributed by atoms with van der Waals surface area (Å²) >= 11 is 0. The first-order chi connectivity index (χ1) is 21.4. The van der Waals surface area contributed by atoms with E-state index in [9.17, 15) is 28.5 Å². The topological polar surface area (TPSA) is 151 Å². The molecule has 1 fully saturated rings. The van der Waals surface area contributed by atoms with Gasteiger partial charge in [-0.2, -0.15) is 0 Å². The van der Waals surface area contributed by atoms with Crippen molar-refractivity contribution >= 4 is 34.7 Å². The lowest BCUT2D eigenvalue weighted by Crippen LogP contribution is -2.74. The van der Waals surface area contributed by atoms with Crippen molar-refractivity contribution in [2.75, 3.05) is 5.75 Å². The number of amides is 3. The first kappa shape index (κ1) is 31.5. The van der Waals surface area contributed by atoms with Crippen molar-refractivity contribution in [2.45, 2.75) is 49.9 Å². The second kappa shape index (κ2) is 12.9. The molecule has 12 heteroatoms. The van der Waals surface area contributed by atoms with Gasteiger partial charge in [0.2, 0.25) is 5.91 Å². The van der Waals surface area contributed by atoms with Crippen LogP contribution in [0.3, 0.4) is 0 Å². The molecule has 3 amide bonds. The third kappa shape index (κ3) is 6.91. The van der Waals surface area contributed by atoms with Crippen molar-refractivity contribution < 1.29 is 38.0 Å². The number of carbonyl (C=O) groups excluding carboxylic acids is 4. The quantitative estimate of drug-likeness (QED) is 0.251. The summed E-state index contributed by atoms with van der Waals surface area (Å²) < 4.78 is 24.3. The molecule has 0 spiro atoms.